The fourth-order valence-electron chi connectivity index (χ4n) is 1.64. The fourth-order valence-corrected chi connectivity index (χ4v) is 1.85. The van der Waals surface area contributed by atoms with Crippen molar-refractivity contribution in [1.82, 2.24) is 4.98 Å². The van der Waals surface area contributed by atoms with Gasteiger partial charge in [0.05, 0.1) is 0 Å². The lowest BCUT2D eigenvalue weighted by Gasteiger charge is -2.02. The van der Waals surface area contributed by atoms with Crippen LogP contribution in [0.25, 0.3) is 0 Å². The minimum Gasteiger partial charge on any atom is -0.294 e. The molecule has 2 nitrogen and oxygen atoms in total. The molecule has 0 aliphatic heterocycles. The van der Waals surface area contributed by atoms with Crippen molar-refractivity contribution in [2.75, 3.05) is 0 Å². The summed E-state index contributed by atoms with van der Waals surface area (Å²) in [4.78, 5) is 16.0. The molecule has 0 atom stereocenters. The summed E-state index contributed by atoms with van der Waals surface area (Å²) in [6.07, 6.45) is 3.68. The number of rotatable bonds is 3. The van der Waals surface area contributed by atoms with E-state index in [0.717, 1.165) is 11.1 Å². The monoisotopic (exact) mass is 245 g/mol. The Kier molecular flexibility index (Phi) is 3.55. The van der Waals surface area contributed by atoms with E-state index in [2.05, 4.69) is 4.98 Å². The lowest BCUT2D eigenvalue weighted by Crippen LogP contribution is -2.04. The Hall–Kier alpha value is -1.67. The second kappa shape index (κ2) is 5.11. The van der Waals surface area contributed by atoms with E-state index in [4.69, 9.17) is 11.6 Å². The number of benzene rings is 1. The van der Waals surface area contributed by atoms with Gasteiger partial charge < -0.3 is 0 Å². The first-order valence-electron chi connectivity index (χ1n) is 5.34. The zero-order chi connectivity index (χ0) is 12.3. The van der Waals surface area contributed by atoms with Gasteiger partial charge in [-0.25, -0.2) is 0 Å². The maximum Gasteiger partial charge on any atom is 0.168 e. The number of aromatic nitrogens is 1. The summed E-state index contributed by atoms with van der Waals surface area (Å²) in [6, 6.07) is 9.19. The summed E-state index contributed by atoms with van der Waals surface area (Å²) in [6.45, 7) is 1.92. The van der Waals surface area contributed by atoms with Gasteiger partial charge in [0.25, 0.3) is 0 Å². The topological polar surface area (TPSA) is 30.0 Å². The molecule has 3 heteroatoms. The average Bonchev–Trinajstić information content (AvgIpc) is 2.29. The highest BCUT2D eigenvalue weighted by Gasteiger charge is 2.07. The second-order valence-electron chi connectivity index (χ2n) is 3.98. The molecular formula is C14H12ClNO. The molecule has 1 heterocycles. The van der Waals surface area contributed by atoms with Crippen LogP contribution in [0, 0.1) is 6.92 Å². The van der Waals surface area contributed by atoms with Crippen LogP contribution in [0.5, 0.6) is 0 Å². The van der Waals surface area contributed by atoms with Gasteiger partial charge in [0, 0.05) is 29.4 Å². The van der Waals surface area contributed by atoms with Crippen LogP contribution in [-0.4, -0.2) is 10.8 Å². The number of Topliss-reactive ketones (excluding diaryl/α,β-unsaturated/α-hetero) is 1. The van der Waals surface area contributed by atoms with Crippen LogP contribution in [0.4, 0.5) is 0 Å². The molecule has 86 valence electrons. The van der Waals surface area contributed by atoms with Crippen molar-refractivity contribution in [1.29, 1.82) is 0 Å². The van der Waals surface area contributed by atoms with Crippen LogP contribution in [0.15, 0.2) is 42.7 Å². The Morgan fingerprint density at radius 3 is 2.82 bits per heavy atom. The minimum atomic E-state index is 0.0588. The van der Waals surface area contributed by atoms with Gasteiger partial charge in [-0.3, -0.25) is 9.78 Å². The van der Waals surface area contributed by atoms with Gasteiger partial charge in [-0.2, -0.15) is 0 Å². The molecule has 0 spiro atoms. The molecule has 17 heavy (non-hydrogen) atoms. The first-order chi connectivity index (χ1) is 8.15. The van der Waals surface area contributed by atoms with E-state index in [1.54, 1.807) is 18.5 Å². The first-order valence-corrected chi connectivity index (χ1v) is 5.72. The average molecular weight is 246 g/mol. The molecule has 0 unspecified atom stereocenters. The van der Waals surface area contributed by atoms with Gasteiger partial charge in [0.1, 0.15) is 0 Å². The van der Waals surface area contributed by atoms with Crippen molar-refractivity contribution in [3.63, 3.8) is 0 Å². The minimum absolute atomic E-state index is 0.0588. The molecule has 2 aromatic rings. The van der Waals surface area contributed by atoms with Crippen molar-refractivity contribution >= 4 is 17.4 Å². The van der Waals surface area contributed by atoms with Crippen LogP contribution in [0.3, 0.4) is 0 Å². The summed E-state index contributed by atoms with van der Waals surface area (Å²) in [5.74, 6) is 0.0588. The number of ketones is 1. The normalized spacial score (nSPS) is 10.2. The van der Waals surface area contributed by atoms with E-state index in [0.29, 0.717) is 17.0 Å². The second-order valence-corrected chi connectivity index (χ2v) is 4.42. The van der Waals surface area contributed by atoms with Crippen molar-refractivity contribution in [2.45, 2.75) is 13.3 Å². The molecule has 1 aromatic carbocycles. The quantitative estimate of drug-likeness (QED) is 0.775. The molecule has 0 radical (unpaired) electrons. The Bertz CT molecular complexity index is 551. The van der Waals surface area contributed by atoms with Gasteiger partial charge in [0.15, 0.2) is 5.78 Å². The van der Waals surface area contributed by atoms with Gasteiger partial charge in [-0.1, -0.05) is 23.7 Å². The summed E-state index contributed by atoms with van der Waals surface area (Å²) in [5.41, 5.74) is 2.55. The van der Waals surface area contributed by atoms with Gasteiger partial charge in [0.2, 0.25) is 0 Å². The summed E-state index contributed by atoms with van der Waals surface area (Å²) >= 11 is 5.88. The fraction of sp³-hybridized carbons (Fsp3) is 0.143. The van der Waals surface area contributed by atoms with Gasteiger partial charge >= 0.3 is 0 Å². The predicted molar refractivity (Wildman–Crippen MR) is 68.5 cm³/mol. The molecule has 0 amide bonds. The lowest BCUT2D eigenvalue weighted by atomic mass is 10.0. The van der Waals surface area contributed by atoms with Crippen molar-refractivity contribution in [3.05, 3.63) is 64.4 Å². The summed E-state index contributed by atoms with van der Waals surface area (Å²) in [7, 11) is 0. The standard InChI is InChI=1S/C14H12ClNO/c1-10-5-12(9-16-8-10)14(17)7-11-3-2-4-13(15)6-11/h2-6,8-9H,7H2,1H3. The number of hydrogen-bond donors (Lipinski definition) is 0. The van der Waals surface area contributed by atoms with Crippen LogP contribution in [-0.2, 0) is 6.42 Å². The highest BCUT2D eigenvalue weighted by molar-refractivity contribution is 6.30. The van der Waals surface area contributed by atoms with Gasteiger partial charge in [-0.15, -0.1) is 0 Å². The highest BCUT2D eigenvalue weighted by Crippen LogP contribution is 2.13. The molecule has 0 saturated carbocycles. The summed E-state index contributed by atoms with van der Waals surface area (Å²) in [5, 5.41) is 0.651. The Morgan fingerprint density at radius 2 is 2.12 bits per heavy atom. The number of pyridine rings is 1. The molecule has 0 aliphatic carbocycles. The molecule has 0 bridgehead atoms. The Balaban J connectivity index is 2.17. The van der Waals surface area contributed by atoms with E-state index in [1.165, 1.54) is 0 Å². The number of carbonyl (C=O) groups is 1. The maximum absolute atomic E-state index is 12.0. The number of halogens is 1. The molecule has 0 N–H and O–H groups in total. The largest absolute Gasteiger partial charge is 0.294 e. The summed E-state index contributed by atoms with van der Waals surface area (Å²) < 4.78 is 0. The maximum atomic E-state index is 12.0. The first kappa shape index (κ1) is 11.8. The third-order valence-corrected chi connectivity index (χ3v) is 2.69. The zero-order valence-corrected chi connectivity index (χ0v) is 10.2. The smallest absolute Gasteiger partial charge is 0.168 e. The van der Waals surface area contributed by atoms with Crippen LogP contribution in [0.1, 0.15) is 21.5 Å². The number of hydrogen-bond acceptors (Lipinski definition) is 2. The third kappa shape index (κ3) is 3.14. The lowest BCUT2D eigenvalue weighted by molar-refractivity contribution is 0.0992. The van der Waals surface area contributed by atoms with Crippen LogP contribution in [0.2, 0.25) is 5.02 Å². The Labute approximate surface area is 105 Å². The molecule has 0 fully saturated rings. The molecule has 0 aliphatic rings. The van der Waals surface area contributed by atoms with E-state index < -0.39 is 0 Å². The zero-order valence-electron chi connectivity index (χ0n) is 9.48. The van der Waals surface area contributed by atoms with Gasteiger partial charge in [-0.05, 0) is 36.2 Å². The van der Waals surface area contributed by atoms with E-state index in [-0.39, 0.29) is 5.78 Å². The van der Waals surface area contributed by atoms with Crippen LogP contribution < -0.4 is 0 Å². The molecule has 1 aromatic heterocycles. The van der Waals surface area contributed by atoms with Crippen molar-refractivity contribution in [3.8, 4) is 0 Å². The van der Waals surface area contributed by atoms with Crippen molar-refractivity contribution < 1.29 is 4.79 Å². The van der Waals surface area contributed by atoms with Crippen molar-refractivity contribution in [2.24, 2.45) is 0 Å². The molecule has 2 rings (SSSR count). The van der Waals surface area contributed by atoms with E-state index in [9.17, 15) is 4.79 Å². The SMILES string of the molecule is Cc1cncc(C(=O)Cc2cccc(Cl)c2)c1. The van der Waals surface area contributed by atoms with E-state index >= 15 is 0 Å². The van der Waals surface area contributed by atoms with E-state index in [1.807, 2.05) is 31.2 Å². The van der Waals surface area contributed by atoms with Crippen LogP contribution >= 0.6 is 11.6 Å². The highest BCUT2D eigenvalue weighted by atomic mass is 35.5. The Morgan fingerprint density at radius 1 is 1.29 bits per heavy atom. The third-order valence-electron chi connectivity index (χ3n) is 2.45. The molecule has 0 saturated heterocycles. The number of aryl methyl sites for hydroxylation is 1. The molecular weight excluding hydrogens is 234 g/mol. The number of carbonyl (C=O) groups excluding carboxylic acids is 1. The number of nitrogens with zero attached hydrogens (tertiary/aromatic N) is 1. The predicted octanol–water partition coefficient (Wildman–Crippen LogP) is 3.47.